The zero-order valence-corrected chi connectivity index (χ0v) is 12.5. The predicted octanol–water partition coefficient (Wildman–Crippen LogP) is 1.48. The van der Waals surface area contributed by atoms with Crippen LogP contribution in [0, 0.1) is 0 Å². The van der Waals surface area contributed by atoms with Crippen molar-refractivity contribution >= 4 is 21.6 Å². The van der Waals surface area contributed by atoms with Crippen LogP contribution in [0.1, 0.15) is 12.7 Å². The molecule has 2 N–H and O–H groups in total. The number of sulfonamides is 1. The molecule has 1 aliphatic rings. The van der Waals surface area contributed by atoms with Gasteiger partial charge in [-0.3, -0.25) is 4.79 Å². The Morgan fingerprint density at radius 1 is 1.32 bits per heavy atom. The number of furan rings is 1. The first-order valence-corrected chi connectivity index (χ1v) is 8.08. The van der Waals surface area contributed by atoms with Gasteiger partial charge >= 0.3 is 0 Å². The van der Waals surface area contributed by atoms with E-state index in [1.165, 1.54) is 24.5 Å². The third-order valence-corrected chi connectivity index (χ3v) is 4.61. The second-order valence-electron chi connectivity index (χ2n) is 4.81. The Morgan fingerprint density at radius 2 is 2.14 bits per heavy atom. The standard InChI is InChI=1S/C14H14N2O5S/c1-9-14(17)16-12-5-4-11(7-13(12)21-9)22(18,19)15-8-10-3-2-6-20-10/h2-7,9,15H,8H2,1H3,(H,16,17)/t9-/m0/s1. The van der Waals surface area contributed by atoms with Crippen LogP contribution in [-0.4, -0.2) is 20.4 Å². The van der Waals surface area contributed by atoms with Crippen molar-refractivity contribution in [3.05, 3.63) is 42.4 Å². The molecule has 1 aliphatic heterocycles. The smallest absolute Gasteiger partial charge is 0.265 e. The molecular weight excluding hydrogens is 308 g/mol. The van der Waals surface area contributed by atoms with Crippen LogP contribution in [0.5, 0.6) is 5.75 Å². The molecule has 0 fully saturated rings. The molecule has 1 aromatic carbocycles. The summed E-state index contributed by atoms with van der Waals surface area (Å²) in [6, 6.07) is 7.65. The average Bonchev–Trinajstić information content (AvgIpc) is 2.99. The number of ether oxygens (including phenoxy) is 1. The van der Waals surface area contributed by atoms with E-state index in [2.05, 4.69) is 10.0 Å². The van der Waals surface area contributed by atoms with Crippen LogP contribution in [0.25, 0.3) is 0 Å². The van der Waals surface area contributed by atoms with E-state index in [1.807, 2.05) is 0 Å². The SMILES string of the molecule is C[C@@H]1Oc2cc(S(=O)(=O)NCc3ccco3)ccc2NC1=O. The van der Waals surface area contributed by atoms with Gasteiger partial charge in [-0.15, -0.1) is 0 Å². The van der Waals surface area contributed by atoms with E-state index in [1.54, 1.807) is 19.1 Å². The van der Waals surface area contributed by atoms with Gasteiger partial charge in [0.1, 0.15) is 11.5 Å². The zero-order chi connectivity index (χ0) is 15.7. The van der Waals surface area contributed by atoms with Crippen LogP contribution in [0.4, 0.5) is 5.69 Å². The van der Waals surface area contributed by atoms with Gasteiger partial charge in [0, 0.05) is 6.07 Å². The van der Waals surface area contributed by atoms with Gasteiger partial charge in [0.15, 0.2) is 6.10 Å². The Bertz CT molecular complexity index is 799. The molecule has 1 amide bonds. The Kier molecular flexibility index (Phi) is 3.63. The highest BCUT2D eigenvalue weighted by Crippen LogP contribution is 2.31. The largest absolute Gasteiger partial charge is 0.479 e. The fourth-order valence-corrected chi connectivity index (χ4v) is 3.02. The van der Waals surface area contributed by atoms with Crippen LogP contribution < -0.4 is 14.8 Å². The summed E-state index contributed by atoms with van der Waals surface area (Å²) in [4.78, 5) is 11.6. The van der Waals surface area contributed by atoms with Crippen molar-refractivity contribution in [3.8, 4) is 5.75 Å². The quantitative estimate of drug-likeness (QED) is 0.888. The lowest BCUT2D eigenvalue weighted by Gasteiger charge is -2.23. The maximum atomic E-state index is 12.3. The third-order valence-electron chi connectivity index (χ3n) is 3.21. The van der Waals surface area contributed by atoms with Gasteiger partial charge in [-0.1, -0.05) is 0 Å². The lowest BCUT2D eigenvalue weighted by atomic mass is 10.2. The third kappa shape index (κ3) is 2.83. The minimum atomic E-state index is -3.70. The highest BCUT2D eigenvalue weighted by molar-refractivity contribution is 7.89. The lowest BCUT2D eigenvalue weighted by molar-refractivity contribution is -0.122. The predicted molar refractivity (Wildman–Crippen MR) is 77.9 cm³/mol. The number of fused-ring (bicyclic) bond motifs is 1. The first-order valence-electron chi connectivity index (χ1n) is 6.59. The van der Waals surface area contributed by atoms with Gasteiger partial charge in [0.05, 0.1) is 23.4 Å². The summed E-state index contributed by atoms with van der Waals surface area (Å²) in [6.45, 7) is 1.65. The second kappa shape index (κ2) is 5.47. The number of anilines is 1. The van der Waals surface area contributed by atoms with Crippen molar-refractivity contribution in [1.29, 1.82) is 0 Å². The molecule has 0 aliphatic carbocycles. The molecule has 0 bridgehead atoms. The Labute approximate surface area is 127 Å². The van der Waals surface area contributed by atoms with Crippen LogP contribution >= 0.6 is 0 Å². The molecule has 22 heavy (non-hydrogen) atoms. The second-order valence-corrected chi connectivity index (χ2v) is 6.58. The molecule has 1 aromatic heterocycles. The molecule has 0 saturated carbocycles. The molecule has 8 heteroatoms. The lowest BCUT2D eigenvalue weighted by Crippen LogP contribution is -2.34. The van der Waals surface area contributed by atoms with Crippen LogP contribution in [0.2, 0.25) is 0 Å². The summed E-state index contributed by atoms with van der Waals surface area (Å²) >= 11 is 0. The number of hydrogen-bond donors (Lipinski definition) is 2. The molecule has 3 rings (SSSR count). The van der Waals surface area contributed by atoms with E-state index in [-0.39, 0.29) is 17.3 Å². The number of nitrogens with one attached hydrogen (secondary N) is 2. The highest BCUT2D eigenvalue weighted by Gasteiger charge is 2.25. The minimum absolute atomic E-state index is 0.0560. The first-order chi connectivity index (χ1) is 10.5. The Morgan fingerprint density at radius 3 is 2.86 bits per heavy atom. The normalized spacial score (nSPS) is 17.5. The van der Waals surface area contributed by atoms with Gasteiger partial charge in [-0.05, 0) is 31.2 Å². The van der Waals surface area contributed by atoms with E-state index in [0.29, 0.717) is 17.2 Å². The number of rotatable bonds is 4. The summed E-state index contributed by atoms with van der Waals surface area (Å²) < 4.78 is 37.5. The van der Waals surface area contributed by atoms with Crippen molar-refractivity contribution < 1.29 is 22.4 Å². The summed E-state index contributed by atoms with van der Waals surface area (Å²) in [5.41, 5.74) is 0.452. The molecule has 7 nitrogen and oxygen atoms in total. The van der Waals surface area contributed by atoms with E-state index >= 15 is 0 Å². The fraction of sp³-hybridized carbons (Fsp3) is 0.214. The summed E-state index contributed by atoms with van der Waals surface area (Å²) in [7, 11) is -3.70. The zero-order valence-electron chi connectivity index (χ0n) is 11.7. The molecule has 2 heterocycles. The van der Waals surface area contributed by atoms with Gasteiger partial charge in [-0.2, -0.15) is 0 Å². The van der Waals surface area contributed by atoms with Crippen molar-refractivity contribution in [3.63, 3.8) is 0 Å². The van der Waals surface area contributed by atoms with Crippen molar-refractivity contribution in [1.82, 2.24) is 4.72 Å². The molecule has 0 saturated heterocycles. The number of carbonyl (C=O) groups excluding carboxylic acids is 1. The highest BCUT2D eigenvalue weighted by atomic mass is 32.2. The molecule has 0 unspecified atom stereocenters. The van der Waals surface area contributed by atoms with Gasteiger partial charge in [0.2, 0.25) is 10.0 Å². The van der Waals surface area contributed by atoms with Crippen LogP contribution in [-0.2, 0) is 21.4 Å². The van der Waals surface area contributed by atoms with E-state index < -0.39 is 16.1 Å². The van der Waals surface area contributed by atoms with Gasteiger partial charge in [-0.25, -0.2) is 13.1 Å². The molecule has 1 atom stereocenters. The maximum absolute atomic E-state index is 12.3. The maximum Gasteiger partial charge on any atom is 0.265 e. The molecular formula is C14H14N2O5S. The number of hydrogen-bond acceptors (Lipinski definition) is 5. The van der Waals surface area contributed by atoms with E-state index in [9.17, 15) is 13.2 Å². The minimum Gasteiger partial charge on any atom is -0.479 e. The van der Waals surface area contributed by atoms with Crippen molar-refractivity contribution in [2.24, 2.45) is 0 Å². The van der Waals surface area contributed by atoms with Crippen molar-refractivity contribution in [2.75, 3.05) is 5.32 Å². The number of benzene rings is 1. The van der Waals surface area contributed by atoms with Gasteiger partial charge < -0.3 is 14.5 Å². The van der Waals surface area contributed by atoms with Gasteiger partial charge in [0.25, 0.3) is 5.91 Å². The molecule has 116 valence electrons. The molecule has 2 aromatic rings. The monoisotopic (exact) mass is 322 g/mol. The van der Waals surface area contributed by atoms with Crippen molar-refractivity contribution in [2.45, 2.75) is 24.5 Å². The first kappa shape index (κ1) is 14.6. The topological polar surface area (TPSA) is 97.6 Å². The van der Waals surface area contributed by atoms with Crippen LogP contribution in [0.15, 0.2) is 45.9 Å². The number of carbonyl (C=O) groups is 1. The molecule has 0 spiro atoms. The van der Waals surface area contributed by atoms with Crippen LogP contribution in [0.3, 0.4) is 0 Å². The summed E-state index contributed by atoms with van der Waals surface area (Å²) in [6.07, 6.45) is 0.807. The number of amides is 1. The summed E-state index contributed by atoms with van der Waals surface area (Å²) in [5.74, 6) is 0.575. The van der Waals surface area contributed by atoms with E-state index in [0.717, 1.165) is 0 Å². The molecule has 0 radical (unpaired) electrons. The Hall–Kier alpha value is -2.32. The fourth-order valence-electron chi connectivity index (χ4n) is 2.01. The van der Waals surface area contributed by atoms with E-state index in [4.69, 9.17) is 9.15 Å². The summed E-state index contributed by atoms with van der Waals surface area (Å²) in [5, 5.41) is 2.65. The average molecular weight is 322 g/mol. The Balaban J connectivity index is 1.82.